The van der Waals surface area contributed by atoms with Crippen LogP contribution in [-0.4, -0.2) is 21.1 Å². The van der Waals surface area contributed by atoms with E-state index in [1.54, 1.807) is 30.3 Å². The van der Waals surface area contributed by atoms with Gasteiger partial charge < -0.3 is 14.8 Å². The molecule has 0 saturated heterocycles. The van der Waals surface area contributed by atoms with Crippen LogP contribution in [0.15, 0.2) is 71.6 Å². The molecule has 5 rings (SSSR count). The summed E-state index contributed by atoms with van der Waals surface area (Å²) in [5.41, 5.74) is 2.99. The van der Waals surface area contributed by atoms with Gasteiger partial charge in [-0.1, -0.05) is 30.3 Å². The lowest BCUT2D eigenvalue weighted by molar-refractivity contribution is 0.0936. The Morgan fingerprint density at radius 3 is 2.68 bits per heavy atom. The van der Waals surface area contributed by atoms with Crippen molar-refractivity contribution in [3.8, 4) is 11.5 Å². The number of aryl methyl sites for hydroxylation is 1. The number of ether oxygens (including phenoxy) is 2. The molecule has 0 saturated carbocycles. The molecule has 1 aliphatic heterocycles. The standard InChI is InChI=1S/C23H20N2O5S/c26-23(24-20-10-8-15-4-1-2-7-19(15)20)16-5-3-6-18(12-16)31(27,28)25-17-9-11-21-22(13-17)30-14-29-21/h1-7,9,11-13,20,25H,8,10,14H2,(H,24,26)/t20-/m1/s1. The van der Waals surface area contributed by atoms with Crippen LogP contribution in [0.4, 0.5) is 5.69 Å². The zero-order valence-electron chi connectivity index (χ0n) is 16.5. The number of hydrogen-bond acceptors (Lipinski definition) is 5. The monoisotopic (exact) mass is 436 g/mol. The minimum Gasteiger partial charge on any atom is -0.454 e. The first-order valence-electron chi connectivity index (χ1n) is 9.91. The zero-order valence-corrected chi connectivity index (χ0v) is 17.3. The van der Waals surface area contributed by atoms with Gasteiger partial charge in [0.2, 0.25) is 6.79 Å². The highest BCUT2D eigenvalue weighted by Gasteiger charge is 2.25. The lowest BCUT2D eigenvalue weighted by atomic mass is 10.1. The first kappa shape index (κ1) is 19.4. The molecule has 3 aromatic carbocycles. The van der Waals surface area contributed by atoms with Gasteiger partial charge in [-0.05, 0) is 54.3 Å². The van der Waals surface area contributed by atoms with Gasteiger partial charge in [-0.25, -0.2) is 8.42 Å². The lowest BCUT2D eigenvalue weighted by Crippen LogP contribution is -2.27. The molecule has 0 unspecified atom stereocenters. The number of carbonyl (C=O) groups excluding carboxylic acids is 1. The maximum Gasteiger partial charge on any atom is 0.261 e. The van der Waals surface area contributed by atoms with E-state index in [-0.39, 0.29) is 29.2 Å². The molecule has 3 aromatic rings. The number of fused-ring (bicyclic) bond motifs is 2. The van der Waals surface area contributed by atoms with Gasteiger partial charge in [0.1, 0.15) is 0 Å². The topological polar surface area (TPSA) is 93.7 Å². The largest absolute Gasteiger partial charge is 0.454 e. The van der Waals surface area contributed by atoms with E-state index in [0.29, 0.717) is 17.2 Å². The number of rotatable bonds is 5. The van der Waals surface area contributed by atoms with Gasteiger partial charge in [-0.3, -0.25) is 9.52 Å². The number of anilines is 1. The number of carbonyl (C=O) groups is 1. The third kappa shape index (κ3) is 3.82. The van der Waals surface area contributed by atoms with Crippen molar-refractivity contribution in [2.24, 2.45) is 0 Å². The predicted octanol–water partition coefficient (Wildman–Crippen LogP) is 3.63. The molecule has 1 heterocycles. The van der Waals surface area contributed by atoms with Gasteiger partial charge in [0.15, 0.2) is 11.5 Å². The fraction of sp³-hybridized carbons (Fsp3) is 0.174. The molecule has 1 atom stereocenters. The van der Waals surface area contributed by atoms with Gasteiger partial charge in [0.25, 0.3) is 15.9 Å². The molecule has 0 spiro atoms. The minimum atomic E-state index is -3.89. The first-order chi connectivity index (χ1) is 15.0. The van der Waals surface area contributed by atoms with Crippen molar-refractivity contribution in [2.45, 2.75) is 23.8 Å². The van der Waals surface area contributed by atoms with E-state index >= 15 is 0 Å². The molecule has 0 radical (unpaired) electrons. The molecule has 31 heavy (non-hydrogen) atoms. The fourth-order valence-electron chi connectivity index (χ4n) is 3.93. The van der Waals surface area contributed by atoms with E-state index < -0.39 is 10.0 Å². The summed E-state index contributed by atoms with van der Waals surface area (Å²) >= 11 is 0. The summed E-state index contributed by atoms with van der Waals surface area (Å²) in [5, 5.41) is 3.02. The summed E-state index contributed by atoms with van der Waals surface area (Å²) in [5.74, 6) is 0.738. The van der Waals surface area contributed by atoms with Crippen molar-refractivity contribution in [3.05, 3.63) is 83.4 Å². The average Bonchev–Trinajstić information content (AvgIpc) is 3.40. The highest BCUT2D eigenvalue weighted by Crippen LogP contribution is 2.35. The average molecular weight is 436 g/mol. The predicted molar refractivity (Wildman–Crippen MR) is 115 cm³/mol. The molecule has 1 amide bonds. The van der Waals surface area contributed by atoms with E-state index in [1.165, 1.54) is 17.7 Å². The van der Waals surface area contributed by atoms with Gasteiger partial charge in [0, 0.05) is 11.6 Å². The zero-order chi connectivity index (χ0) is 21.4. The number of hydrogen-bond donors (Lipinski definition) is 2. The Balaban J connectivity index is 1.34. The third-order valence-corrected chi connectivity index (χ3v) is 6.85. The van der Waals surface area contributed by atoms with Crippen molar-refractivity contribution in [2.75, 3.05) is 11.5 Å². The number of amides is 1. The molecule has 2 N–H and O–H groups in total. The molecular weight excluding hydrogens is 416 g/mol. The Morgan fingerprint density at radius 1 is 0.935 bits per heavy atom. The SMILES string of the molecule is O=C(N[C@@H]1CCc2ccccc21)c1cccc(S(=O)(=O)Nc2ccc3c(c2)OCO3)c1. The second-order valence-electron chi connectivity index (χ2n) is 7.46. The molecule has 158 valence electrons. The van der Waals surface area contributed by atoms with E-state index in [9.17, 15) is 13.2 Å². The van der Waals surface area contributed by atoms with Crippen molar-refractivity contribution in [1.29, 1.82) is 0 Å². The summed E-state index contributed by atoms with van der Waals surface area (Å²) < 4.78 is 38.8. The lowest BCUT2D eigenvalue weighted by Gasteiger charge is -2.15. The number of sulfonamides is 1. The van der Waals surface area contributed by atoms with E-state index in [1.807, 2.05) is 18.2 Å². The van der Waals surface area contributed by atoms with Crippen LogP contribution in [0.25, 0.3) is 0 Å². The van der Waals surface area contributed by atoms with Crippen LogP contribution in [0, 0.1) is 0 Å². The Morgan fingerprint density at radius 2 is 1.77 bits per heavy atom. The molecule has 0 fully saturated rings. The van der Waals surface area contributed by atoms with Crippen LogP contribution in [0.3, 0.4) is 0 Å². The summed E-state index contributed by atoms with van der Waals surface area (Å²) in [6.45, 7) is 0.105. The summed E-state index contributed by atoms with van der Waals surface area (Å²) in [6, 6.07) is 18.8. The Hall–Kier alpha value is -3.52. The van der Waals surface area contributed by atoms with Gasteiger partial charge >= 0.3 is 0 Å². The quantitative estimate of drug-likeness (QED) is 0.637. The second kappa shape index (κ2) is 7.63. The van der Waals surface area contributed by atoms with E-state index in [0.717, 1.165) is 18.4 Å². The van der Waals surface area contributed by atoms with Crippen LogP contribution in [0.5, 0.6) is 11.5 Å². The van der Waals surface area contributed by atoms with Crippen molar-refractivity contribution >= 4 is 21.6 Å². The molecule has 0 bridgehead atoms. The van der Waals surface area contributed by atoms with E-state index in [2.05, 4.69) is 16.1 Å². The highest BCUT2D eigenvalue weighted by molar-refractivity contribution is 7.92. The molecule has 7 nitrogen and oxygen atoms in total. The van der Waals surface area contributed by atoms with Crippen LogP contribution in [0.2, 0.25) is 0 Å². The van der Waals surface area contributed by atoms with Crippen LogP contribution >= 0.6 is 0 Å². The molecule has 8 heteroatoms. The number of nitrogens with one attached hydrogen (secondary N) is 2. The van der Waals surface area contributed by atoms with Crippen molar-refractivity contribution in [1.82, 2.24) is 5.32 Å². The second-order valence-corrected chi connectivity index (χ2v) is 9.15. The Kier molecular flexibility index (Phi) is 4.78. The Bertz CT molecular complexity index is 1270. The van der Waals surface area contributed by atoms with Crippen molar-refractivity contribution in [3.63, 3.8) is 0 Å². The fourth-order valence-corrected chi connectivity index (χ4v) is 5.02. The van der Waals surface area contributed by atoms with Gasteiger partial charge in [0.05, 0.1) is 16.6 Å². The summed E-state index contributed by atoms with van der Waals surface area (Å²) in [6.07, 6.45) is 1.74. The minimum absolute atomic E-state index is 0.00430. The van der Waals surface area contributed by atoms with Crippen LogP contribution in [-0.2, 0) is 16.4 Å². The highest BCUT2D eigenvalue weighted by atomic mass is 32.2. The van der Waals surface area contributed by atoms with Crippen LogP contribution in [0.1, 0.15) is 33.9 Å². The third-order valence-electron chi connectivity index (χ3n) is 5.47. The van der Waals surface area contributed by atoms with E-state index in [4.69, 9.17) is 9.47 Å². The summed E-state index contributed by atoms with van der Waals surface area (Å²) in [4.78, 5) is 12.8. The molecule has 1 aliphatic carbocycles. The molecule has 2 aliphatic rings. The molecule has 0 aromatic heterocycles. The van der Waals surface area contributed by atoms with Crippen molar-refractivity contribution < 1.29 is 22.7 Å². The first-order valence-corrected chi connectivity index (χ1v) is 11.4. The normalized spacial score (nSPS) is 16.6. The Labute approximate surface area is 180 Å². The maximum absolute atomic E-state index is 12.9. The van der Waals surface area contributed by atoms with Crippen LogP contribution < -0.4 is 19.5 Å². The molecular formula is C23H20N2O5S. The smallest absolute Gasteiger partial charge is 0.261 e. The van der Waals surface area contributed by atoms with Gasteiger partial charge in [-0.2, -0.15) is 0 Å². The maximum atomic E-state index is 12.9. The van der Waals surface area contributed by atoms with Gasteiger partial charge in [-0.15, -0.1) is 0 Å². The number of benzene rings is 3. The summed E-state index contributed by atoms with van der Waals surface area (Å²) in [7, 11) is -3.89.